The van der Waals surface area contributed by atoms with Crippen LogP contribution in [-0.2, 0) is 16.1 Å². The summed E-state index contributed by atoms with van der Waals surface area (Å²) in [4.78, 5) is 23.0. The van der Waals surface area contributed by atoms with Crippen LogP contribution in [0.3, 0.4) is 0 Å². The van der Waals surface area contributed by atoms with E-state index in [0.29, 0.717) is 18.9 Å². The molecule has 2 unspecified atom stereocenters. The van der Waals surface area contributed by atoms with E-state index in [9.17, 15) is 9.59 Å². The smallest absolute Gasteiger partial charge is 0.339 e. The Balaban J connectivity index is 1.93. The lowest BCUT2D eigenvalue weighted by Gasteiger charge is -2.09. The van der Waals surface area contributed by atoms with Gasteiger partial charge in [0.1, 0.15) is 11.3 Å². The summed E-state index contributed by atoms with van der Waals surface area (Å²) >= 11 is 0. The average Bonchev–Trinajstić information content (AvgIpc) is 3.24. The summed E-state index contributed by atoms with van der Waals surface area (Å²) in [7, 11) is 1.42. The second-order valence-corrected chi connectivity index (χ2v) is 4.89. The average molecular weight is 293 g/mol. The number of hydrogen-bond acceptors (Lipinski definition) is 4. The Hall–Kier alpha value is -2.08. The standard InChI is InChI=1S/C15H19NO5/c1-3-21-13-7-10(13)14(17)16-8-9-4-5-12(20-2)11(6-9)15(18)19/h4-6,10,13H,3,7-8H2,1-2H3,(H,16,17)(H,18,19). The molecule has 0 aromatic heterocycles. The van der Waals surface area contributed by atoms with Gasteiger partial charge < -0.3 is 19.9 Å². The van der Waals surface area contributed by atoms with Crippen molar-refractivity contribution in [1.29, 1.82) is 0 Å². The minimum Gasteiger partial charge on any atom is -0.496 e. The molecule has 6 nitrogen and oxygen atoms in total. The lowest BCUT2D eigenvalue weighted by atomic mass is 10.1. The molecule has 1 saturated carbocycles. The van der Waals surface area contributed by atoms with Gasteiger partial charge in [-0.3, -0.25) is 4.79 Å². The number of carboxylic acids is 1. The monoisotopic (exact) mass is 293 g/mol. The number of amides is 1. The number of methoxy groups -OCH3 is 1. The third-order valence-electron chi connectivity index (χ3n) is 3.41. The molecule has 1 aromatic rings. The molecule has 1 fully saturated rings. The number of aromatic carboxylic acids is 1. The zero-order chi connectivity index (χ0) is 15.4. The fourth-order valence-electron chi connectivity index (χ4n) is 2.20. The normalized spacial score (nSPS) is 19.9. The predicted octanol–water partition coefficient (Wildman–Crippen LogP) is 1.43. The molecule has 1 aromatic carbocycles. The Labute approximate surface area is 123 Å². The van der Waals surface area contributed by atoms with E-state index in [1.807, 2.05) is 6.92 Å². The van der Waals surface area contributed by atoms with E-state index >= 15 is 0 Å². The van der Waals surface area contributed by atoms with Crippen molar-refractivity contribution in [1.82, 2.24) is 5.32 Å². The molecule has 6 heteroatoms. The van der Waals surface area contributed by atoms with E-state index < -0.39 is 5.97 Å². The summed E-state index contributed by atoms with van der Waals surface area (Å²) in [5.41, 5.74) is 0.804. The first-order valence-electron chi connectivity index (χ1n) is 6.86. The van der Waals surface area contributed by atoms with Gasteiger partial charge >= 0.3 is 5.97 Å². The van der Waals surface area contributed by atoms with Gasteiger partial charge in [0.2, 0.25) is 5.91 Å². The van der Waals surface area contributed by atoms with Gasteiger partial charge in [-0.05, 0) is 31.0 Å². The summed E-state index contributed by atoms with van der Waals surface area (Å²) in [6, 6.07) is 4.83. The summed E-state index contributed by atoms with van der Waals surface area (Å²) < 4.78 is 10.4. The number of carbonyl (C=O) groups excluding carboxylic acids is 1. The molecule has 1 aliphatic rings. The van der Waals surface area contributed by atoms with Gasteiger partial charge in [0.05, 0.1) is 19.1 Å². The molecule has 2 atom stereocenters. The minimum absolute atomic E-state index is 0.0282. The molecule has 1 amide bonds. The third kappa shape index (κ3) is 3.72. The minimum atomic E-state index is -1.06. The van der Waals surface area contributed by atoms with Gasteiger partial charge in [-0.15, -0.1) is 0 Å². The Bertz CT molecular complexity index is 543. The zero-order valence-corrected chi connectivity index (χ0v) is 12.1. The molecular formula is C15H19NO5. The van der Waals surface area contributed by atoms with Crippen LogP contribution in [0.2, 0.25) is 0 Å². The Morgan fingerprint density at radius 3 is 2.81 bits per heavy atom. The van der Waals surface area contributed by atoms with Crippen LogP contribution in [0, 0.1) is 5.92 Å². The van der Waals surface area contributed by atoms with E-state index in [2.05, 4.69) is 5.32 Å². The van der Waals surface area contributed by atoms with Gasteiger partial charge in [-0.1, -0.05) is 6.07 Å². The van der Waals surface area contributed by atoms with Crippen molar-refractivity contribution >= 4 is 11.9 Å². The lowest BCUT2D eigenvalue weighted by molar-refractivity contribution is -0.123. The number of rotatable bonds is 7. The third-order valence-corrected chi connectivity index (χ3v) is 3.41. The first-order valence-corrected chi connectivity index (χ1v) is 6.86. The van der Waals surface area contributed by atoms with Crippen molar-refractivity contribution in [3.8, 4) is 5.75 Å². The predicted molar refractivity (Wildman–Crippen MR) is 75.3 cm³/mol. The van der Waals surface area contributed by atoms with Crippen molar-refractivity contribution in [2.45, 2.75) is 26.0 Å². The molecule has 0 saturated heterocycles. The maximum absolute atomic E-state index is 11.9. The number of nitrogens with one attached hydrogen (secondary N) is 1. The van der Waals surface area contributed by atoms with Crippen molar-refractivity contribution in [2.24, 2.45) is 5.92 Å². The van der Waals surface area contributed by atoms with Gasteiger partial charge in [0.25, 0.3) is 0 Å². The van der Waals surface area contributed by atoms with Crippen LogP contribution in [0.4, 0.5) is 0 Å². The van der Waals surface area contributed by atoms with Gasteiger partial charge in [0.15, 0.2) is 0 Å². The maximum atomic E-state index is 11.9. The van der Waals surface area contributed by atoms with Gasteiger partial charge in [-0.25, -0.2) is 4.79 Å². The van der Waals surface area contributed by atoms with E-state index in [1.165, 1.54) is 13.2 Å². The largest absolute Gasteiger partial charge is 0.496 e. The maximum Gasteiger partial charge on any atom is 0.339 e. The molecule has 0 heterocycles. The number of carbonyl (C=O) groups is 2. The molecule has 0 radical (unpaired) electrons. The summed E-state index contributed by atoms with van der Waals surface area (Å²) in [6.45, 7) is 2.80. The fraction of sp³-hybridized carbons (Fsp3) is 0.467. The van der Waals surface area contributed by atoms with Crippen molar-refractivity contribution in [2.75, 3.05) is 13.7 Å². The number of ether oxygens (including phenoxy) is 2. The van der Waals surface area contributed by atoms with Crippen LogP contribution in [0.25, 0.3) is 0 Å². The molecule has 2 N–H and O–H groups in total. The highest BCUT2D eigenvalue weighted by atomic mass is 16.5. The highest BCUT2D eigenvalue weighted by Gasteiger charge is 2.43. The van der Waals surface area contributed by atoms with E-state index in [4.69, 9.17) is 14.6 Å². The van der Waals surface area contributed by atoms with E-state index in [-0.39, 0.29) is 23.5 Å². The van der Waals surface area contributed by atoms with Crippen molar-refractivity contribution < 1.29 is 24.2 Å². The van der Waals surface area contributed by atoms with Crippen LogP contribution >= 0.6 is 0 Å². The van der Waals surface area contributed by atoms with Gasteiger partial charge in [0, 0.05) is 13.2 Å². The molecule has 0 aliphatic heterocycles. The molecular weight excluding hydrogens is 274 g/mol. The molecule has 0 spiro atoms. The summed E-state index contributed by atoms with van der Waals surface area (Å²) in [5, 5.41) is 11.9. The Kier molecular flexibility index (Phi) is 4.80. The quantitative estimate of drug-likeness (QED) is 0.794. The summed E-state index contributed by atoms with van der Waals surface area (Å²) in [5.74, 6) is -0.891. The molecule has 1 aliphatic carbocycles. The van der Waals surface area contributed by atoms with Crippen LogP contribution in [0.15, 0.2) is 18.2 Å². The first-order chi connectivity index (χ1) is 10.1. The molecule has 114 valence electrons. The van der Waals surface area contributed by atoms with Crippen LogP contribution < -0.4 is 10.1 Å². The SMILES string of the molecule is CCOC1CC1C(=O)NCc1ccc(OC)c(C(=O)O)c1. The van der Waals surface area contributed by atoms with E-state index in [1.54, 1.807) is 12.1 Å². The van der Waals surface area contributed by atoms with Crippen LogP contribution in [0.5, 0.6) is 5.75 Å². The molecule has 0 bridgehead atoms. The number of hydrogen-bond donors (Lipinski definition) is 2. The lowest BCUT2D eigenvalue weighted by Crippen LogP contribution is -2.26. The van der Waals surface area contributed by atoms with Crippen LogP contribution in [-0.4, -0.2) is 36.8 Å². The Morgan fingerprint density at radius 2 is 2.19 bits per heavy atom. The fourth-order valence-corrected chi connectivity index (χ4v) is 2.20. The zero-order valence-electron chi connectivity index (χ0n) is 12.1. The number of carboxylic acid groups (broad SMARTS) is 1. The molecule has 21 heavy (non-hydrogen) atoms. The van der Waals surface area contributed by atoms with Crippen molar-refractivity contribution in [3.63, 3.8) is 0 Å². The molecule has 2 rings (SSSR count). The number of benzene rings is 1. The second-order valence-electron chi connectivity index (χ2n) is 4.89. The van der Waals surface area contributed by atoms with E-state index in [0.717, 1.165) is 12.0 Å². The van der Waals surface area contributed by atoms with Crippen LogP contribution in [0.1, 0.15) is 29.3 Å². The van der Waals surface area contributed by atoms with Gasteiger partial charge in [-0.2, -0.15) is 0 Å². The highest BCUT2D eigenvalue weighted by Crippen LogP contribution is 2.33. The topological polar surface area (TPSA) is 84.9 Å². The van der Waals surface area contributed by atoms with Crippen molar-refractivity contribution in [3.05, 3.63) is 29.3 Å². The Morgan fingerprint density at radius 1 is 1.43 bits per heavy atom. The highest BCUT2D eigenvalue weighted by molar-refractivity contribution is 5.91. The first kappa shape index (κ1) is 15.3. The second kappa shape index (κ2) is 6.58. The summed E-state index contributed by atoms with van der Waals surface area (Å²) in [6.07, 6.45) is 0.781.